The van der Waals surface area contributed by atoms with Gasteiger partial charge in [0.25, 0.3) is 0 Å². The number of nitrogens with zero attached hydrogens (tertiary/aromatic N) is 4. The van der Waals surface area contributed by atoms with Crippen LogP contribution in [0.4, 0.5) is 5.69 Å². The van der Waals surface area contributed by atoms with E-state index in [-0.39, 0.29) is 5.91 Å². The number of amides is 1. The summed E-state index contributed by atoms with van der Waals surface area (Å²) in [6, 6.07) is 13.3. The second-order valence-electron chi connectivity index (χ2n) is 6.69. The van der Waals surface area contributed by atoms with Gasteiger partial charge < -0.3 is 14.8 Å². The Labute approximate surface area is 168 Å². The molecule has 8 heteroatoms. The molecule has 0 atom stereocenters. The van der Waals surface area contributed by atoms with Gasteiger partial charge in [-0.25, -0.2) is 4.68 Å². The summed E-state index contributed by atoms with van der Waals surface area (Å²) in [4.78, 5) is 12.3. The number of aromatic nitrogens is 4. The van der Waals surface area contributed by atoms with Gasteiger partial charge in [0.05, 0.1) is 20.3 Å². The molecule has 1 aliphatic carbocycles. The van der Waals surface area contributed by atoms with Gasteiger partial charge in [0.1, 0.15) is 11.5 Å². The van der Waals surface area contributed by atoms with Gasteiger partial charge in [0.2, 0.25) is 5.91 Å². The second kappa shape index (κ2) is 8.14. The number of ether oxygens (including phenoxy) is 2. The third-order valence-electron chi connectivity index (χ3n) is 4.65. The van der Waals surface area contributed by atoms with Crippen LogP contribution in [-0.2, 0) is 4.79 Å². The fourth-order valence-corrected chi connectivity index (χ4v) is 2.97. The number of anilines is 1. The minimum atomic E-state index is -0.245. The molecule has 0 spiro atoms. The highest BCUT2D eigenvalue weighted by molar-refractivity contribution is 6.02. The van der Waals surface area contributed by atoms with Gasteiger partial charge >= 0.3 is 0 Å². The largest absolute Gasteiger partial charge is 0.497 e. The topological polar surface area (TPSA) is 91.2 Å². The summed E-state index contributed by atoms with van der Waals surface area (Å²) in [5.74, 6) is 1.85. The van der Waals surface area contributed by atoms with Crippen LogP contribution in [0.15, 0.2) is 48.5 Å². The third-order valence-corrected chi connectivity index (χ3v) is 4.65. The number of benzene rings is 2. The summed E-state index contributed by atoms with van der Waals surface area (Å²) in [5, 5.41) is 14.8. The zero-order chi connectivity index (χ0) is 20.2. The molecule has 1 fully saturated rings. The van der Waals surface area contributed by atoms with Gasteiger partial charge in [-0.1, -0.05) is 0 Å². The minimum absolute atomic E-state index is 0.245. The van der Waals surface area contributed by atoms with Crippen LogP contribution < -0.4 is 14.8 Å². The molecule has 3 aromatic rings. The van der Waals surface area contributed by atoms with Crippen molar-refractivity contribution in [3.05, 3.63) is 54.1 Å². The summed E-state index contributed by atoms with van der Waals surface area (Å²) < 4.78 is 12.4. The number of carbonyl (C=O) groups excluding carboxylic acids is 1. The maximum absolute atomic E-state index is 12.3. The molecule has 29 heavy (non-hydrogen) atoms. The van der Waals surface area contributed by atoms with Gasteiger partial charge in [-0.3, -0.25) is 4.79 Å². The van der Waals surface area contributed by atoms with Crippen molar-refractivity contribution in [1.29, 1.82) is 0 Å². The van der Waals surface area contributed by atoms with Gasteiger partial charge in [-0.15, -0.1) is 5.10 Å². The molecular weight excluding hydrogens is 370 g/mol. The van der Waals surface area contributed by atoms with Crippen molar-refractivity contribution in [3.63, 3.8) is 0 Å². The predicted octanol–water partition coefficient (Wildman–Crippen LogP) is 3.34. The lowest BCUT2D eigenvalue weighted by molar-refractivity contribution is -0.111. The van der Waals surface area contributed by atoms with Crippen LogP contribution in [0.25, 0.3) is 17.5 Å². The maximum Gasteiger partial charge on any atom is 0.248 e. The Balaban J connectivity index is 1.43. The van der Waals surface area contributed by atoms with E-state index in [0.29, 0.717) is 23.2 Å². The monoisotopic (exact) mass is 391 g/mol. The fraction of sp³-hybridized carbons (Fsp3) is 0.238. The Morgan fingerprint density at radius 1 is 1.14 bits per heavy atom. The lowest BCUT2D eigenvalue weighted by Gasteiger charge is -2.07. The van der Waals surface area contributed by atoms with Crippen molar-refractivity contribution >= 4 is 17.7 Å². The SMILES string of the molecule is COc1ccc(OC)c(/C=C/C(=O)Nc2ccc(-c3nnnn3C3CC3)cc2)c1. The summed E-state index contributed by atoms with van der Waals surface area (Å²) in [6.07, 6.45) is 5.36. The molecule has 0 unspecified atom stereocenters. The highest BCUT2D eigenvalue weighted by Gasteiger charge is 2.28. The molecule has 0 bridgehead atoms. The third kappa shape index (κ3) is 4.26. The van der Waals surface area contributed by atoms with E-state index in [4.69, 9.17) is 9.47 Å². The molecule has 1 aromatic heterocycles. The van der Waals surface area contributed by atoms with E-state index in [1.54, 1.807) is 32.4 Å². The minimum Gasteiger partial charge on any atom is -0.497 e. The zero-order valence-electron chi connectivity index (χ0n) is 16.2. The van der Waals surface area contributed by atoms with E-state index in [1.807, 2.05) is 35.0 Å². The van der Waals surface area contributed by atoms with Crippen molar-refractivity contribution in [1.82, 2.24) is 20.2 Å². The van der Waals surface area contributed by atoms with E-state index in [2.05, 4.69) is 20.8 Å². The van der Waals surface area contributed by atoms with Crippen LogP contribution in [0.5, 0.6) is 11.5 Å². The first-order chi connectivity index (χ1) is 14.2. The molecule has 148 valence electrons. The first-order valence-corrected chi connectivity index (χ1v) is 9.27. The number of hydrogen-bond acceptors (Lipinski definition) is 6. The van der Waals surface area contributed by atoms with Crippen LogP contribution >= 0.6 is 0 Å². The van der Waals surface area contributed by atoms with Crippen LogP contribution in [0.1, 0.15) is 24.4 Å². The van der Waals surface area contributed by atoms with Gasteiger partial charge in [0.15, 0.2) is 5.82 Å². The van der Waals surface area contributed by atoms with Crippen LogP contribution in [0.3, 0.4) is 0 Å². The van der Waals surface area contributed by atoms with Crippen LogP contribution in [-0.4, -0.2) is 40.3 Å². The number of methoxy groups -OCH3 is 2. The summed E-state index contributed by atoms with van der Waals surface area (Å²) >= 11 is 0. The van der Waals surface area contributed by atoms with E-state index >= 15 is 0 Å². The summed E-state index contributed by atoms with van der Waals surface area (Å²) in [5.41, 5.74) is 2.35. The van der Waals surface area contributed by atoms with Crippen molar-refractivity contribution in [2.45, 2.75) is 18.9 Å². The van der Waals surface area contributed by atoms with E-state index < -0.39 is 0 Å². The van der Waals surface area contributed by atoms with Crippen LogP contribution in [0.2, 0.25) is 0 Å². The van der Waals surface area contributed by atoms with E-state index in [0.717, 1.165) is 29.8 Å². The Bertz CT molecular complexity index is 1040. The summed E-state index contributed by atoms with van der Waals surface area (Å²) in [7, 11) is 3.18. The number of carbonyl (C=O) groups is 1. The predicted molar refractivity (Wildman–Crippen MR) is 109 cm³/mol. The first-order valence-electron chi connectivity index (χ1n) is 9.27. The second-order valence-corrected chi connectivity index (χ2v) is 6.69. The van der Waals surface area contributed by atoms with Gasteiger partial charge in [-0.05, 0) is 71.8 Å². The molecule has 4 rings (SSSR count). The first kappa shape index (κ1) is 18.7. The average molecular weight is 391 g/mol. The highest BCUT2D eigenvalue weighted by atomic mass is 16.5. The van der Waals surface area contributed by atoms with Crippen molar-refractivity contribution in [2.24, 2.45) is 0 Å². The fourth-order valence-electron chi connectivity index (χ4n) is 2.97. The Morgan fingerprint density at radius 3 is 2.62 bits per heavy atom. The molecule has 1 aliphatic rings. The lowest BCUT2D eigenvalue weighted by atomic mass is 10.1. The molecular formula is C21H21N5O3. The molecule has 0 aliphatic heterocycles. The van der Waals surface area contributed by atoms with Crippen molar-refractivity contribution in [3.8, 4) is 22.9 Å². The number of hydrogen-bond donors (Lipinski definition) is 1. The van der Waals surface area contributed by atoms with E-state index in [1.165, 1.54) is 6.08 Å². The molecule has 8 nitrogen and oxygen atoms in total. The quantitative estimate of drug-likeness (QED) is 0.621. The molecule has 1 heterocycles. The highest BCUT2D eigenvalue weighted by Crippen LogP contribution is 2.36. The zero-order valence-corrected chi connectivity index (χ0v) is 16.2. The standard InChI is InChI=1S/C21H21N5O3/c1-28-18-10-11-19(29-2)15(13-18)5-12-20(27)22-16-6-3-14(4-7-16)21-23-24-25-26(21)17-8-9-17/h3-7,10-13,17H,8-9H2,1-2H3,(H,22,27)/b12-5+. The normalized spacial score (nSPS) is 13.4. The van der Waals surface area contributed by atoms with Crippen molar-refractivity contribution in [2.75, 3.05) is 19.5 Å². The Morgan fingerprint density at radius 2 is 1.93 bits per heavy atom. The molecule has 1 saturated carbocycles. The Kier molecular flexibility index (Phi) is 5.24. The van der Waals surface area contributed by atoms with E-state index in [9.17, 15) is 4.79 Å². The maximum atomic E-state index is 12.3. The molecule has 1 N–H and O–H groups in total. The van der Waals surface area contributed by atoms with Crippen molar-refractivity contribution < 1.29 is 14.3 Å². The Hall–Kier alpha value is -3.68. The number of tetrazole rings is 1. The number of nitrogens with one attached hydrogen (secondary N) is 1. The molecule has 0 saturated heterocycles. The average Bonchev–Trinajstić information content (AvgIpc) is 3.49. The molecule has 0 radical (unpaired) electrons. The lowest BCUT2D eigenvalue weighted by Crippen LogP contribution is -2.07. The van der Waals surface area contributed by atoms with Gasteiger partial charge in [0, 0.05) is 22.9 Å². The molecule has 1 amide bonds. The molecule has 2 aromatic carbocycles. The number of rotatable bonds is 7. The van der Waals surface area contributed by atoms with Gasteiger partial charge in [-0.2, -0.15) is 0 Å². The smallest absolute Gasteiger partial charge is 0.248 e. The van der Waals surface area contributed by atoms with Crippen LogP contribution in [0, 0.1) is 0 Å². The summed E-state index contributed by atoms with van der Waals surface area (Å²) in [6.45, 7) is 0.